The molecule has 2 N–H and O–H groups in total. The molecule has 0 aromatic heterocycles. The van der Waals surface area contributed by atoms with Crippen molar-refractivity contribution in [2.75, 3.05) is 13.7 Å². The summed E-state index contributed by atoms with van der Waals surface area (Å²) in [6.45, 7) is 5.57. The molecule has 1 aromatic carbocycles. The zero-order valence-corrected chi connectivity index (χ0v) is 12.1. The minimum absolute atomic E-state index is 0.152. The van der Waals surface area contributed by atoms with Crippen molar-refractivity contribution in [2.24, 2.45) is 5.41 Å². The lowest BCUT2D eigenvalue weighted by atomic mass is 9.95. The summed E-state index contributed by atoms with van der Waals surface area (Å²) in [6.07, 6.45) is 0.944. The molecule has 0 saturated carbocycles. The number of carboxylic acids is 1. The van der Waals surface area contributed by atoms with Crippen LogP contribution in [0.4, 0.5) is 0 Å². The predicted octanol–water partition coefficient (Wildman–Crippen LogP) is 2.85. The predicted molar refractivity (Wildman–Crippen MR) is 75.4 cm³/mol. The molecule has 0 fully saturated rings. The maximum atomic E-state index is 11.1. The Morgan fingerprint density at radius 2 is 2.05 bits per heavy atom. The number of hydrogen-bond acceptors (Lipinski definition) is 3. The fourth-order valence-electron chi connectivity index (χ4n) is 1.80. The number of carbonyl (C=O) groups is 1. The topological polar surface area (TPSA) is 58.6 Å². The van der Waals surface area contributed by atoms with Gasteiger partial charge in [-0.15, -0.1) is 0 Å². The van der Waals surface area contributed by atoms with E-state index in [1.807, 2.05) is 31.3 Å². The maximum Gasteiger partial charge on any atom is 0.312 e. The summed E-state index contributed by atoms with van der Waals surface area (Å²) in [5, 5.41) is 12.3. The standard InChI is InChI=1S/C15H23NO3/c1-5-12(16-4)11-8-6-7-9-13(11)19-10-15(2,3)14(17)18/h6-9,12,16H,5,10H2,1-4H3,(H,17,18). The summed E-state index contributed by atoms with van der Waals surface area (Å²) >= 11 is 0. The van der Waals surface area contributed by atoms with Gasteiger partial charge in [0, 0.05) is 11.6 Å². The zero-order chi connectivity index (χ0) is 14.5. The van der Waals surface area contributed by atoms with Gasteiger partial charge in [0.15, 0.2) is 0 Å². The lowest BCUT2D eigenvalue weighted by molar-refractivity contribution is -0.148. The van der Waals surface area contributed by atoms with Gasteiger partial charge in [-0.1, -0.05) is 25.1 Å². The Morgan fingerprint density at radius 3 is 2.58 bits per heavy atom. The van der Waals surface area contributed by atoms with Crippen LogP contribution in [0.1, 0.15) is 38.8 Å². The number of ether oxygens (including phenoxy) is 1. The van der Waals surface area contributed by atoms with Crippen molar-refractivity contribution in [3.05, 3.63) is 29.8 Å². The van der Waals surface area contributed by atoms with Crippen LogP contribution >= 0.6 is 0 Å². The number of para-hydroxylation sites is 1. The van der Waals surface area contributed by atoms with Crippen LogP contribution < -0.4 is 10.1 Å². The molecule has 1 rings (SSSR count). The van der Waals surface area contributed by atoms with Gasteiger partial charge >= 0.3 is 5.97 Å². The summed E-state index contributed by atoms with van der Waals surface area (Å²) in [5.41, 5.74) is 0.169. The average molecular weight is 265 g/mol. The number of nitrogens with one attached hydrogen (secondary N) is 1. The van der Waals surface area contributed by atoms with E-state index in [-0.39, 0.29) is 12.6 Å². The van der Waals surface area contributed by atoms with E-state index < -0.39 is 11.4 Å². The Hall–Kier alpha value is -1.55. The van der Waals surface area contributed by atoms with E-state index in [2.05, 4.69) is 12.2 Å². The van der Waals surface area contributed by atoms with Crippen molar-refractivity contribution in [3.8, 4) is 5.75 Å². The molecule has 19 heavy (non-hydrogen) atoms. The number of benzene rings is 1. The van der Waals surface area contributed by atoms with Crippen LogP contribution in [-0.4, -0.2) is 24.7 Å². The van der Waals surface area contributed by atoms with Crippen molar-refractivity contribution < 1.29 is 14.6 Å². The second-order valence-corrected chi connectivity index (χ2v) is 5.27. The lowest BCUT2D eigenvalue weighted by Crippen LogP contribution is -2.31. The number of rotatable bonds is 7. The molecule has 0 radical (unpaired) electrons. The summed E-state index contributed by atoms with van der Waals surface area (Å²) in [5.74, 6) is -0.108. The maximum absolute atomic E-state index is 11.1. The Balaban J connectivity index is 2.87. The van der Waals surface area contributed by atoms with Gasteiger partial charge in [-0.2, -0.15) is 0 Å². The normalized spacial score (nSPS) is 13.1. The molecule has 4 heteroatoms. The summed E-state index contributed by atoms with van der Waals surface area (Å²) in [6, 6.07) is 7.96. The van der Waals surface area contributed by atoms with Crippen LogP contribution in [0.3, 0.4) is 0 Å². The van der Waals surface area contributed by atoms with Gasteiger partial charge in [0.2, 0.25) is 0 Å². The van der Waals surface area contributed by atoms with Gasteiger partial charge in [-0.3, -0.25) is 4.79 Å². The minimum atomic E-state index is -0.894. The highest BCUT2D eigenvalue weighted by Crippen LogP contribution is 2.28. The number of hydrogen-bond donors (Lipinski definition) is 2. The third-order valence-electron chi connectivity index (χ3n) is 3.22. The first-order chi connectivity index (χ1) is 8.92. The fraction of sp³-hybridized carbons (Fsp3) is 0.533. The molecule has 0 aliphatic carbocycles. The van der Waals surface area contributed by atoms with Gasteiger partial charge in [0.25, 0.3) is 0 Å². The van der Waals surface area contributed by atoms with Crippen molar-refractivity contribution in [1.82, 2.24) is 5.32 Å². The molecule has 0 amide bonds. The molecule has 0 saturated heterocycles. The quantitative estimate of drug-likeness (QED) is 0.796. The first kappa shape index (κ1) is 15.5. The first-order valence-corrected chi connectivity index (χ1v) is 6.54. The largest absolute Gasteiger partial charge is 0.492 e. The van der Waals surface area contributed by atoms with E-state index in [4.69, 9.17) is 9.84 Å². The van der Waals surface area contributed by atoms with Crippen molar-refractivity contribution in [3.63, 3.8) is 0 Å². The van der Waals surface area contributed by atoms with Crippen molar-refractivity contribution in [2.45, 2.75) is 33.2 Å². The highest BCUT2D eigenvalue weighted by Gasteiger charge is 2.28. The van der Waals surface area contributed by atoms with E-state index >= 15 is 0 Å². The van der Waals surface area contributed by atoms with Gasteiger partial charge < -0.3 is 15.2 Å². The third kappa shape index (κ3) is 3.96. The van der Waals surface area contributed by atoms with Gasteiger partial charge in [-0.25, -0.2) is 0 Å². The highest BCUT2D eigenvalue weighted by atomic mass is 16.5. The third-order valence-corrected chi connectivity index (χ3v) is 3.22. The van der Waals surface area contributed by atoms with Crippen LogP contribution in [0.5, 0.6) is 5.75 Å². The van der Waals surface area contributed by atoms with Crippen molar-refractivity contribution in [1.29, 1.82) is 0 Å². The van der Waals surface area contributed by atoms with Crippen LogP contribution in [0.25, 0.3) is 0 Å². The Labute approximate surface area is 114 Å². The van der Waals surface area contributed by atoms with E-state index in [1.54, 1.807) is 13.8 Å². The molecule has 1 aromatic rings. The molecule has 0 aliphatic heterocycles. The number of carboxylic acid groups (broad SMARTS) is 1. The van der Waals surface area contributed by atoms with E-state index in [9.17, 15) is 4.79 Å². The second-order valence-electron chi connectivity index (χ2n) is 5.27. The van der Waals surface area contributed by atoms with Crippen molar-refractivity contribution >= 4 is 5.97 Å². The molecule has 0 bridgehead atoms. The molecule has 0 spiro atoms. The smallest absolute Gasteiger partial charge is 0.312 e. The van der Waals surface area contributed by atoms with Gasteiger partial charge in [-0.05, 0) is 33.4 Å². The molecule has 0 aliphatic rings. The molecule has 1 unspecified atom stereocenters. The average Bonchev–Trinajstić information content (AvgIpc) is 2.39. The van der Waals surface area contributed by atoms with Crippen LogP contribution in [-0.2, 0) is 4.79 Å². The van der Waals surface area contributed by atoms with E-state index in [0.717, 1.165) is 17.7 Å². The SMILES string of the molecule is CCC(NC)c1ccccc1OCC(C)(C)C(=O)O. The lowest BCUT2D eigenvalue weighted by Gasteiger charge is -2.23. The van der Waals surface area contributed by atoms with E-state index in [0.29, 0.717) is 0 Å². The Bertz CT molecular complexity index is 425. The van der Waals surface area contributed by atoms with Crippen LogP contribution in [0.15, 0.2) is 24.3 Å². The Kier molecular flexibility index (Phi) is 5.36. The zero-order valence-electron chi connectivity index (χ0n) is 12.1. The number of aliphatic carboxylic acids is 1. The Morgan fingerprint density at radius 1 is 1.42 bits per heavy atom. The van der Waals surface area contributed by atoms with Crippen LogP contribution in [0, 0.1) is 5.41 Å². The minimum Gasteiger partial charge on any atom is -0.492 e. The highest BCUT2D eigenvalue weighted by molar-refractivity contribution is 5.73. The van der Waals surface area contributed by atoms with Gasteiger partial charge in [0.05, 0.1) is 5.41 Å². The van der Waals surface area contributed by atoms with Crippen LogP contribution in [0.2, 0.25) is 0 Å². The molecular weight excluding hydrogens is 242 g/mol. The molecular formula is C15H23NO3. The van der Waals surface area contributed by atoms with Gasteiger partial charge in [0.1, 0.15) is 12.4 Å². The summed E-state index contributed by atoms with van der Waals surface area (Å²) in [4.78, 5) is 11.1. The first-order valence-electron chi connectivity index (χ1n) is 6.54. The van der Waals surface area contributed by atoms with E-state index in [1.165, 1.54) is 0 Å². The fourth-order valence-corrected chi connectivity index (χ4v) is 1.80. The summed E-state index contributed by atoms with van der Waals surface area (Å²) in [7, 11) is 1.91. The summed E-state index contributed by atoms with van der Waals surface area (Å²) < 4.78 is 5.73. The monoisotopic (exact) mass is 265 g/mol. The molecule has 1 atom stereocenters. The second kappa shape index (κ2) is 6.57. The molecule has 0 heterocycles. The molecule has 106 valence electrons. The molecule has 4 nitrogen and oxygen atoms in total.